The summed E-state index contributed by atoms with van der Waals surface area (Å²) >= 11 is 0. The van der Waals surface area contributed by atoms with Gasteiger partial charge in [0.05, 0.1) is 0 Å². The summed E-state index contributed by atoms with van der Waals surface area (Å²) in [5.41, 5.74) is 0. The molecule has 42 heavy (non-hydrogen) atoms. The van der Waals surface area contributed by atoms with Crippen molar-refractivity contribution in [2.24, 2.45) is 0 Å². The van der Waals surface area contributed by atoms with Crippen molar-refractivity contribution in [1.82, 2.24) is 0 Å². The molecule has 0 aromatic rings. The summed E-state index contributed by atoms with van der Waals surface area (Å²) in [6.07, 6.45) is 49.5. The van der Waals surface area contributed by atoms with E-state index >= 15 is 0 Å². The molecule has 2 nitrogen and oxygen atoms in total. The van der Waals surface area contributed by atoms with Gasteiger partial charge in [-0.3, -0.25) is 4.79 Å². The third kappa shape index (κ3) is 46.4. The fraction of sp³-hybridized carbons (Fsp3) is 0.975. The molecular weight excluding hydrogens is 512 g/mol. The second kappa shape index (κ2) is 42.6. The molecule has 0 atom stereocenters. The van der Waals surface area contributed by atoms with Crippen molar-refractivity contribution in [2.75, 3.05) is 0 Å². The maximum Gasteiger partial charge on any atom is 0.303 e. The van der Waals surface area contributed by atoms with E-state index in [9.17, 15) is 4.79 Å². The van der Waals surface area contributed by atoms with Crippen molar-refractivity contribution >= 4 is 5.97 Å². The molecule has 1 N–H and O–H groups in total. The fourth-order valence-corrected chi connectivity index (χ4v) is 5.98. The maximum absolute atomic E-state index is 10.4. The quantitative estimate of drug-likeness (QED) is 0.0741. The Morgan fingerprint density at radius 2 is 0.429 bits per heavy atom. The van der Waals surface area contributed by atoms with Crippen LogP contribution in [-0.2, 0) is 4.79 Å². The normalized spacial score (nSPS) is 11.0. The number of carboxylic acid groups (broad SMARTS) is 1. The zero-order valence-electron chi connectivity index (χ0n) is 29.8. The summed E-state index contributed by atoms with van der Waals surface area (Å²) in [5.74, 6) is -0.652. The summed E-state index contributed by atoms with van der Waals surface area (Å²) in [4.78, 5) is 10.4. The largest absolute Gasteiger partial charge is 0.481 e. The molecule has 0 heterocycles. The van der Waals surface area contributed by atoms with Gasteiger partial charge in [-0.15, -0.1) is 0 Å². The lowest BCUT2D eigenvalue weighted by Crippen LogP contribution is -1.93. The number of aliphatic carboxylic acids is 1. The van der Waals surface area contributed by atoms with E-state index < -0.39 is 5.97 Å². The van der Waals surface area contributed by atoms with Gasteiger partial charge in [0.2, 0.25) is 0 Å². The van der Waals surface area contributed by atoms with E-state index in [4.69, 9.17) is 5.11 Å². The molecule has 0 amide bonds. The van der Waals surface area contributed by atoms with Gasteiger partial charge in [-0.1, -0.05) is 239 Å². The average molecular weight is 595 g/mol. The molecule has 0 fully saturated rings. The van der Waals surface area contributed by atoms with Gasteiger partial charge in [0.15, 0.2) is 0 Å². The lowest BCUT2D eigenvalue weighted by atomic mass is 10.0. The van der Waals surface area contributed by atoms with E-state index in [0.29, 0.717) is 6.42 Å². The molecule has 0 spiro atoms. The third-order valence-electron chi connectivity index (χ3n) is 8.95. The van der Waals surface area contributed by atoms with Crippen molar-refractivity contribution < 1.29 is 9.90 Å². The van der Waals surface area contributed by atoms with E-state index in [0.717, 1.165) is 12.8 Å². The van der Waals surface area contributed by atoms with Gasteiger partial charge in [-0.2, -0.15) is 0 Å². The first-order valence-corrected chi connectivity index (χ1v) is 19.9. The van der Waals surface area contributed by atoms with Crippen molar-refractivity contribution in [3.63, 3.8) is 0 Å². The topological polar surface area (TPSA) is 37.3 Å². The highest BCUT2D eigenvalue weighted by Crippen LogP contribution is 2.15. The molecule has 0 unspecified atom stereocenters. The Bertz CT molecular complexity index is 443. The molecule has 0 bridgehead atoms. The van der Waals surface area contributed by atoms with Crippen LogP contribution in [0, 0.1) is 0 Å². The molecule has 0 aromatic carbocycles. The molecule has 0 rings (SSSR count). The minimum atomic E-state index is -0.652. The highest BCUT2D eigenvalue weighted by molar-refractivity contribution is 5.66. The summed E-state index contributed by atoms with van der Waals surface area (Å²) < 4.78 is 0. The lowest BCUT2D eigenvalue weighted by molar-refractivity contribution is -0.137. The Morgan fingerprint density at radius 3 is 0.571 bits per heavy atom. The van der Waals surface area contributed by atoms with Crippen LogP contribution in [0.5, 0.6) is 0 Å². The Balaban J connectivity index is 0. The molecule has 0 aromatic heterocycles. The van der Waals surface area contributed by atoms with Gasteiger partial charge in [0.25, 0.3) is 0 Å². The zero-order chi connectivity index (χ0) is 31.0. The molecule has 0 aliphatic heterocycles. The van der Waals surface area contributed by atoms with Gasteiger partial charge >= 0.3 is 5.97 Å². The van der Waals surface area contributed by atoms with Crippen LogP contribution in [0.25, 0.3) is 0 Å². The van der Waals surface area contributed by atoms with Crippen molar-refractivity contribution in [3.8, 4) is 0 Å². The van der Waals surface area contributed by atoms with Crippen LogP contribution in [0.1, 0.15) is 252 Å². The summed E-state index contributed by atoms with van der Waals surface area (Å²) in [7, 11) is 0. The van der Waals surface area contributed by atoms with Crippen LogP contribution in [0.15, 0.2) is 0 Å². The SMILES string of the molecule is CCCCCCCCCCCCCCCCCCCC.CCCCCCCCCCCCCCCCCCCC(=O)O. The number of unbranched alkanes of at least 4 members (excludes halogenated alkanes) is 33. The fourth-order valence-electron chi connectivity index (χ4n) is 5.98. The van der Waals surface area contributed by atoms with E-state index in [1.54, 1.807) is 0 Å². The van der Waals surface area contributed by atoms with Gasteiger partial charge in [-0.05, 0) is 6.42 Å². The molecule has 0 aliphatic rings. The van der Waals surface area contributed by atoms with Crippen LogP contribution in [-0.4, -0.2) is 11.1 Å². The molecule has 2 heteroatoms. The predicted molar refractivity (Wildman–Crippen MR) is 191 cm³/mol. The summed E-state index contributed by atoms with van der Waals surface area (Å²) in [5, 5.41) is 8.54. The molecule has 254 valence electrons. The maximum atomic E-state index is 10.4. The Labute approximate surface area is 267 Å². The number of rotatable bonds is 35. The number of hydrogen-bond acceptors (Lipinski definition) is 1. The minimum Gasteiger partial charge on any atom is -0.481 e. The van der Waals surface area contributed by atoms with Gasteiger partial charge in [0, 0.05) is 6.42 Å². The Kier molecular flexibility index (Phi) is 44.2. The number of hydrogen-bond donors (Lipinski definition) is 1. The molecule has 0 aliphatic carbocycles. The van der Waals surface area contributed by atoms with Crippen molar-refractivity contribution in [3.05, 3.63) is 0 Å². The van der Waals surface area contributed by atoms with Crippen molar-refractivity contribution in [2.45, 2.75) is 252 Å². The van der Waals surface area contributed by atoms with E-state index in [2.05, 4.69) is 20.8 Å². The van der Waals surface area contributed by atoms with Crippen LogP contribution in [0.2, 0.25) is 0 Å². The van der Waals surface area contributed by atoms with Crippen molar-refractivity contribution in [1.29, 1.82) is 0 Å². The smallest absolute Gasteiger partial charge is 0.303 e. The standard InChI is InChI=1S/C20H40O2.C20H42/c1-2-3-4-5-6-7-8-9-10-11-12-13-14-15-16-17-18-19-20(21)22;1-3-5-7-9-11-13-15-17-19-20-18-16-14-12-10-8-6-4-2/h2-19H2,1H3,(H,21,22);3-20H2,1-2H3. The first-order chi connectivity index (χ1) is 20.7. The number of carbonyl (C=O) groups is 1. The van der Waals surface area contributed by atoms with E-state index in [-0.39, 0.29) is 0 Å². The van der Waals surface area contributed by atoms with Crippen LogP contribution < -0.4 is 0 Å². The first-order valence-electron chi connectivity index (χ1n) is 19.9. The van der Waals surface area contributed by atoms with Crippen LogP contribution in [0.3, 0.4) is 0 Å². The predicted octanol–water partition coefficient (Wildman–Crippen LogP) is 15.2. The summed E-state index contributed by atoms with van der Waals surface area (Å²) in [6, 6.07) is 0. The highest BCUT2D eigenvalue weighted by atomic mass is 16.4. The Morgan fingerprint density at radius 1 is 0.286 bits per heavy atom. The molecule has 0 saturated carbocycles. The number of carboxylic acids is 1. The second-order valence-electron chi connectivity index (χ2n) is 13.5. The van der Waals surface area contributed by atoms with E-state index in [1.165, 1.54) is 212 Å². The summed E-state index contributed by atoms with van der Waals surface area (Å²) in [6.45, 7) is 6.87. The highest BCUT2D eigenvalue weighted by Gasteiger charge is 1.98. The first kappa shape index (κ1) is 43.6. The Hall–Kier alpha value is -0.530. The molecule has 0 saturated heterocycles. The average Bonchev–Trinajstić information content (AvgIpc) is 2.98. The van der Waals surface area contributed by atoms with Gasteiger partial charge in [-0.25, -0.2) is 0 Å². The van der Waals surface area contributed by atoms with Gasteiger partial charge in [0.1, 0.15) is 0 Å². The third-order valence-corrected chi connectivity index (χ3v) is 8.95. The minimum absolute atomic E-state index is 0.346. The lowest BCUT2D eigenvalue weighted by Gasteiger charge is -2.03. The molecule has 0 radical (unpaired) electrons. The van der Waals surface area contributed by atoms with Crippen LogP contribution >= 0.6 is 0 Å². The van der Waals surface area contributed by atoms with Crippen LogP contribution in [0.4, 0.5) is 0 Å². The zero-order valence-corrected chi connectivity index (χ0v) is 29.8. The molecular formula is C40H82O2. The van der Waals surface area contributed by atoms with E-state index in [1.807, 2.05) is 0 Å². The van der Waals surface area contributed by atoms with Gasteiger partial charge < -0.3 is 5.11 Å². The monoisotopic (exact) mass is 595 g/mol. The second-order valence-corrected chi connectivity index (χ2v) is 13.5.